The fourth-order valence-corrected chi connectivity index (χ4v) is 3.18. The van der Waals surface area contributed by atoms with Gasteiger partial charge in [0, 0.05) is 36.3 Å². The molecule has 0 aliphatic carbocycles. The Morgan fingerprint density at radius 1 is 1.18 bits per heavy atom. The molecule has 0 spiro atoms. The molecule has 0 atom stereocenters. The highest BCUT2D eigenvalue weighted by molar-refractivity contribution is 7.80. The van der Waals surface area contributed by atoms with Gasteiger partial charge in [-0.15, -0.1) is 0 Å². The Bertz CT molecular complexity index is 746. The van der Waals surface area contributed by atoms with Crippen molar-refractivity contribution in [1.29, 1.82) is 0 Å². The first-order valence-corrected chi connectivity index (χ1v) is 8.15. The lowest BCUT2D eigenvalue weighted by molar-refractivity contribution is 0.441. The molecule has 1 N–H and O–H groups in total. The summed E-state index contributed by atoms with van der Waals surface area (Å²) in [4.78, 5) is 13.7. The normalized spacial score (nSPS) is 15.6. The second-order valence-electron chi connectivity index (χ2n) is 5.79. The van der Waals surface area contributed by atoms with E-state index >= 15 is 0 Å². The molecule has 0 radical (unpaired) electrons. The van der Waals surface area contributed by atoms with Crippen molar-refractivity contribution in [2.75, 3.05) is 18.4 Å². The Labute approximate surface area is 135 Å². The maximum atomic E-state index is 11.5. The van der Waals surface area contributed by atoms with Crippen LogP contribution in [-0.4, -0.2) is 23.1 Å². The molecule has 2 heterocycles. The summed E-state index contributed by atoms with van der Waals surface area (Å²) in [6.07, 6.45) is 4.93. The Morgan fingerprint density at radius 2 is 1.91 bits per heavy atom. The van der Waals surface area contributed by atoms with E-state index in [1.807, 2.05) is 25.1 Å². The van der Waals surface area contributed by atoms with Crippen molar-refractivity contribution in [1.82, 2.24) is 4.90 Å². The molecule has 1 aromatic carbocycles. The Morgan fingerprint density at radius 3 is 2.64 bits per heavy atom. The number of hydrogen-bond acceptors (Lipinski definition) is 3. The van der Waals surface area contributed by atoms with E-state index in [2.05, 4.69) is 10.2 Å². The standard InChI is InChI=1S/C17H20N2O2S/c1-12-10-16(20)21-15-11-13(6-7-14(12)15)18-17(22)19-8-4-2-3-5-9-19/h6-7,10-11H,2-5,8-9H2,1H3,(H,18,22). The summed E-state index contributed by atoms with van der Waals surface area (Å²) in [6.45, 7) is 3.93. The molecule has 0 saturated carbocycles. The summed E-state index contributed by atoms with van der Waals surface area (Å²) in [5.74, 6) is 0. The highest BCUT2D eigenvalue weighted by Crippen LogP contribution is 2.21. The lowest BCUT2D eigenvalue weighted by Gasteiger charge is -2.24. The smallest absolute Gasteiger partial charge is 0.336 e. The number of rotatable bonds is 1. The van der Waals surface area contributed by atoms with Gasteiger partial charge in [0.05, 0.1) is 0 Å². The van der Waals surface area contributed by atoms with Crippen LogP contribution in [0.1, 0.15) is 31.2 Å². The maximum absolute atomic E-state index is 11.5. The minimum absolute atomic E-state index is 0.322. The zero-order chi connectivity index (χ0) is 15.5. The lowest BCUT2D eigenvalue weighted by atomic mass is 10.1. The van der Waals surface area contributed by atoms with Gasteiger partial charge in [-0.1, -0.05) is 12.8 Å². The van der Waals surface area contributed by atoms with Crippen LogP contribution in [0.25, 0.3) is 11.0 Å². The molecular weight excluding hydrogens is 296 g/mol. The average Bonchev–Trinajstić information content (AvgIpc) is 2.75. The third kappa shape index (κ3) is 3.30. The van der Waals surface area contributed by atoms with Crippen LogP contribution in [0.2, 0.25) is 0 Å². The van der Waals surface area contributed by atoms with Crippen LogP contribution < -0.4 is 10.9 Å². The quantitative estimate of drug-likeness (QED) is 0.642. The van der Waals surface area contributed by atoms with Gasteiger partial charge in [0.2, 0.25) is 0 Å². The van der Waals surface area contributed by atoms with Crippen molar-refractivity contribution in [3.63, 3.8) is 0 Å². The number of anilines is 1. The molecule has 0 amide bonds. The minimum Gasteiger partial charge on any atom is -0.423 e. The van der Waals surface area contributed by atoms with E-state index in [1.54, 1.807) is 0 Å². The number of nitrogens with one attached hydrogen (secondary N) is 1. The van der Waals surface area contributed by atoms with Gasteiger partial charge in [0.15, 0.2) is 5.11 Å². The number of fused-ring (bicyclic) bond motifs is 1. The first-order chi connectivity index (χ1) is 10.6. The topological polar surface area (TPSA) is 45.5 Å². The predicted octanol–water partition coefficient (Wildman–Crippen LogP) is 3.67. The summed E-state index contributed by atoms with van der Waals surface area (Å²) in [5.41, 5.74) is 2.05. The summed E-state index contributed by atoms with van der Waals surface area (Å²) < 4.78 is 5.28. The van der Waals surface area contributed by atoms with E-state index in [4.69, 9.17) is 16.6 Å². The van der Waals surface area contributed by atoms with E-state index in [9.17, 15) is 4.79 Å². The van der Waals surface area contributed by atoms with Crippen molar-refractivity contribution in [2.45, 2.75) is 32.6 Å². The summed E-state index contributed by atoms with van der Waals surface area (Å²) in [6, 6.07) is 7.28. The van der Waals surface area contributed by atoms with E-state index in [0.717, 1.165) is 34.8 Å². The zero-order valence-corrected chi connectivity index (χ0v) is 13.5. The van der Waals surface area contributed by atoms with Crippen LogP contribution in [0, 0.1) is 6.92 Å². The van der Waals surface area contributed by atoms with Gasteiger partial charge in [-0.2, -0.15) is 0 Å². The molecule has 1 fully saturated rings. The van der Waals surface area contributed by atoms with Crippen LogP contribution in [0.15, 0.2) is 33.5 Å². The first-order valence-electron chi connectivity index (χ1n) is 7.74. The Hall–Kier alpha value is -1.88. The number of hydrogen-bond donors (Lipinski definition) is 1. The molecule has 1 saturated heterocycles. The van der Waals surface area contributed by atoms with Crippen LogP contribution in [0.5, 0.6) is 0 Å². The highest BCUT2D eigenvalue weighted by Gasteiger charge is 2.13. The van der Waals surface area contributed by atoms with Crippen LogP contribution in [0.4, 0.5) is 5.69 Å². The average molecular weight is 316 g/mol. The molecular formula is C17H20N2O2S. The number of nitrogens with zero attached hydrogens (tertiary/aromatic N) is 1. The van der Waals surface area contributed by atoms with Gasteiger partial charge in [-0.25, -0.2) is 4.79 Å². The van der Waals surface area contributed by atoms with E-state index in [0.29, 0.717) is 5.58 Å². The Kier molecular flexibility index (Phi) is 4.43. The maximum Gasteiger partial charge on any atom is 0.336 e. The zero-order valence-electron chi connectivity index (χ0n) is 12.7. The van der Waals surface area contributed by atoms with Gasteiger partial charge in [0.25, 0.3) is 0 Å². The molecule has 3 rings (SSSR count). The summed E-state index contributed by atoms with van der Waals surface area (Å²) >= 11 is 5.51. The summed E-state index contributed by atoms with van der Waals surface area (Å²) in [5, 5.41) is 4.96. The molecule has 4 nitrogen and oxygen atoms in total. The lowest BCUT2D eigenvalue weighted by Crippen LogP contribution is -2.35. The third-order valence-electron chi connectivity index (χ3n) is 4.10. The monoisotopic (exact) mass is 316 g/mol. The number of aryl methyl sites for hydroxylation is 1. The fourth-order valence-electron chi connectivity index (χ4n) is 2.88. The van der Waals surface area contributed by atoms with Gasteiger partial charge < -0.3 is 14.6 Å². The fraction of sp³-hybridized carbons (Fsp3) is 0.412. The molecule has 0 bridgehead atoms. The van der Waals surface area contributed by atoms with Crippen molar-refractivity contribution in [2.24, 2.45) is 0 Å². The molecule has 5 heteroatoms. The Balaban J connectivity index is 1.81. The molecule has 22 heavy (non-hydrogen) atoms. The second kappa shape index (κ2) is 6.48. The largest absolute Gasteiger partial charge is 0.423 e. The molecule has 1 aliphatic heterocycles. The molecule has 116 valence electrons. The van der Waals surface area contributed by atoms with Crippen molar-refractivity contribution in [3.05, 3.63) is 40.2 Å². The minimum atomic E-state index is -0.322. The highest BCUT2D eigenvalue weighted by atomic mass is 32.1. The molecule has 1 aromatic heterocycles. The van der Waals surface area contributed by atoms with E-state index in [1.165, 1.54) is 31.7 Å². The van der Waals surface area contributed by atoms with E-state index < -0.39 is 0 Å². The van der Waals surface area contributed by atoms with E-state index in [-0.39, 0.29) is 5.63 Å². The SMILES string of the molecule is Cc1cc(=O)oc2cc(NC(=S)N3CCCCCC3)ccc12. The van der Waals surface area contributed by atoms with Crippen molar-refractivity contribution in [3.8, 4) is 0 Å². The van der Waals surface area contributed by atoms with Gasteiger partial charge in [-0.05, 0) is 49.7 Å². The summed E-state index contributed by atoms with van der Waals surface area (Å²) in [7, 11) is 0. The third-order valence-corrected chi connectivity index (χ3v) is 4.46. The van der Waals surface area contributed by atoms with Gasteiger partial charge in [-0.3, -0.25) is 0 Å². The number of thiocarbonyl (C=S) groups is 1. The van der Waals surface area contributed by atoms with Crippen molar-refractivity contribution < 1.29 is 4.42 Å². The van der Waals surface area contributed by atoms with Crippen LogP contribution in [0.3, 0.4) is 0 Å². The molecule has 1 aliphatic rings. The second-order valence-corrected chi connectivity index (χ2v) is 6.18. The number of likely N-dealkylation sites (tertiary alicyclic amines) is 1. The van der Waals surface area contributed by atoms with Gasteiger partial charge >= 0.3 is 5.63 Å². The van der Waals surface area contributed by atoms with Crippen LogP contribution >= 0.6 is 12.2 Å². The van der Waals surface area contributed by atoms with Gasteiger partial charge in [0.1, 0.15) is 5.58 Å². The predicted molar refractivity (Wildman–Crippen MR) is 93.5 cm³/mol. The number of benzene rings is 1. The van der Waals surface area contributed by atoms with Crippen molar-refractivity contribution >= 4 is 34.0 Å². The first kappa shape index (κ1) is 15.0. The van der Waals surface area contributed by atoms with Crippen LogP contribution in [-0.2, 0) is 0 Å². The molecule has 0 unspecified atom stereocenters. The molecule has 2 aromatic rings.